The van der Waals surface area contributed by atoms with Crippen molar-refractivity contribution in [2.24, 2.45) is 0 Å². The number of halogens is 3. The molecule has 2 aromatic rings. The number of aliphatic hydroxyl groups is 1. The Balaban J connectivity index is 2.22. The van der Waals surface area contributed by atoms with E-state index in [0.717, 1.165) is 35.6 Å². The molecule has 142 valence electrons. The van der Waals surface area contributed by atoms with Gasteiger partial charge in [-0.3, -0.25) is 4.79 Å². The minimum Gasteiger partial charge on any atom is -0.406 e. The molecule has 26 heavy (non-hydrogen) atoms. The number of anilines is 1. The largest absolute Gasteiger partial charge is 0.573 e. The summed E-state index contributed by atoms with van der Waals surface area (Å²) in [4.78, 5) is 11.5. The van der Waals surface area contributed by atoms with Crippen LogP contribution in [0.4, 0.5) is 18.2 Å². The molecule has 2 N–H and O–H groups in total. The molecule has 2 rings (SSSR count). The van der Waals surface area contributed by atoms with Gasteiger partial charge in [0.25, 0.3) is 5.91 Å². The molecule has 0 aliphatic carbocycles. The Hall–Kier alpha value is -2.11. The molecule has 0 aliphatic heterocycles. The van der Waals surface area contributed by atoms with Gasteiger partial charge in [-0.15, -0.1) is 24.5 Å². The number of nitrogens with one attached hydrogen (secondary N) is 1. The number of benzene rings is 1. The van der Waals surface area contributed by atoms with E-state index in [1.54, 1.807) is 0 Å². The van der Waals surface area contributed by atoms with Crippen molar-refractivity contribution in [1.29, 1.82) is 0 Å². The zero-order chi connectivity index (χ0) is 19.8. The molecular formula is C15H14F3NO5S2. The number of amides is 1. The SMILES string of the molecule is CC(C)(O)C(=O)Nc1ccc(S(=O)(=O)c2ccc(OC(F)(F)F)cc2)s1. The molecule has 0 bridgehead atoms. The lowest BCUT2D eigenvalue weighted by atomic mass is 10.1. The van der Waals surface area contributed by atoms with Crippen LogP contribution in [0.1, 0.15) is 13.8 Å². The van der Waals surface area contributed by atoms with Gasteiger partial charge < -0.3 is 15.2 Å². The second-order valence-electron chi connectivity index (χ2n) is 5.65. The Labute approximate surface area is 151 Å². The number of alkyl halides is 3. The normalized spacial score (nSPS) is 12.7. The van der Waals surface area contributed by atoms with E-state index in [-0.39, 0.29) is 14.1 Å². The van der Waals surface area contributed by atoms with Gasteiger partial charge in [0.2, 0.25) is 9.84 Å². The van der Waals surface area contributed by atoms with E-state index in [9.17, 15) is 31.5 Å². The first-order valence-corrected chi connectivity index (χ1v) is 9.33. The summed E-state index contributed by atoms with van der Waals surface area (Å²) < 4.78 is 65.0. The van der Waals surface area contributed by atoms with Gasteiger partial charge in [-0.2, -0.15) is 0 Å². The summed E-state index contributed by atoms with van der Waals surface area (Å²) in [5.74, 6) is -1.25. The quantitative estimate of drug-likeness (QED) is 0.791. The number of ether oxygens (including phenoxy) is 1. The van der Waals surface area contributed by atoms with Crippen LogP contribution in [0.3, 0.4) is 0 Å². The molecule has 1 aromatic heterocycles. The molecular weight excluding hydrogens is 395 g/mol. The van der Waals surface area contributed by atoms with Crippen LogP contribution < -0.4 is 10.1 Å². The highest BCUT2D eigenvalue weighted by Crippen LogP contribution is 2.32. The predicted octanol–water partition coefficient (Wildman–Crippen LogP) is 3.19. The third-order valence-electron chi connectivity index (χ3n) is 3.01. The molecule has 1 aromatic carbocycles. The summed E-state index contributed by atoms with van der Waals surface area (Å²) in [7, 11) is -3.98. The van der Waals surface area contributed by atoms with Gasteiger partial charge in [0, 0.05) is 0 Å². The van der Waals surface area contributed by atoms with Crippen LogP contribution in [-0.4, -0.2) is 31.4 Å². The fourth-order valence-corrected chi connectivity index (χ4v) is 4.34. The summed E-state index contributed by atoms with van der Waals surface area (Å²) in [6.45, 7) is 2.55. The first kappa shape index (κ1) is 20.2. The maximum absolute atomic E-state index is 12.5. The van der Waals surface area contributed by atoms with Crippen molar-refractivity contribution in [2.45, 2.75) is 34.9 Å². The molecule has 11 heteroatoms. The number of rotatable bonds is 5. The van der Waals surface area contributed by atoms with E-state index in [4.69, 9.17) is 0 Å². The zero-order valence-electron chi connectivity index (χ0n) is 13.5. The van der Waals surface area contributed by atoms with Gasteiger partial charge in [-0.05, 0) is 50.2 Å². The Bertz CT molecular complexity index is 897. The first-order valence-electron chi connectivity index (χ1n) is 7.03. The average molecular weight is 409 g/mol. The van der Waals surface area contributed by atoms with Crippen molar-refractivity contribution in [3.63, 3.8) is 0 Å². The van der Waals surface area contributed by atoms with E-state index < -0.39 is 33.5 Å². The minimum absolute atomic E-state index is 0.118. The Morgan fingerprint density at radius 2 is 1.69 bits per heavy atom. The Morgan fingerprint density at radius 1 is 1.12 bits per heavy atom. The third-order valence-corrected chi connectivity index (χ3v) is 6.27. The lowest BCUT2D eigenvalue weighted by molar-refractivity contribution is -0.274. The van der Waals surface area contributed by atoms with Crippen LogP contribution in [0.5, 0.6) is 5.75 Å². The molecule has 0 aliphatic rings. The monoisotopic (exact) mass is 409 g/mol. The van der Waals surface area contributed by atoms with Gasteiger partial charge in [-0.1, -0.05) is 0 Å². The number of hydrogen-bond donors (Lipinski definition) is 2. The van der Waals surface area contributed by atoms with Crippen LogP contribution in [0.2, 0.25) is 0 Å². The first-order chi connectivity index (χ1) is 11.8. The highest BCUT2D eigenvalue weighted by atomic mass is 32.2. The summed E-state index contributed by atoms with van der Waals surface area (Å²) in [5.41, 5.74) is -1.64. The molecule has 0 radical (unpaired) electrons. The lowest BCUT2D eigenvalue weighted by Crippen LogP contribution is -2.36. The van der Waals surface area contributed by atoms with Gasteiger partial charge in [0.1, 0.15) is 15.6 Å². The Kier molecular flexibility index (Phi) is 5.36. The van der Waals surface area contributed by atoms with Crippen molar-refractivity contribution in [2.75, 3.05) is 5.32 Å². The van der Waals surface area contributed by atoms with E-state index in [0.29, 0.717) is 0 Å². The highest BCUT2D eigenvalue weighted by Gasteiger charge is 2.31. The fraction of sp³-hybridized carbons (Fsp3) is 0.267. The summed E-state index contributed by atoms with van der Waals surface area (Å²) in [5, 5.41) is 12.2. The zero-order valence-corrected chi connectivity index (χ0v) is 15.1. The summed E-state index contributed by atoms with van der Waals surface area (Å²) in [6.07, 6.45) is -4.87. The minimum atomic E-state index is -4.87. The average Bonchev–Trinajstić information content (AvgIpc) is 2.94. The van der Waals surface area contributed by atoms with Crippen molar-refractivity contribution in [1.82, 2.24) is 0 Å². The molecule has 6 nitrogen and oxygen atoms in total. The highest BCUT2D eigenvalue weighted by molar-refractivity contribution is 7.93. The molecule has 1 amide bonds. The van der Waals surface area contributed by atoms with Gasteiger partial charge >= 0.3 is 6.36 Å². The maximum Gasteiger partial charge on any atom is 0.573 e. The van der Waals surface area contributed by atoms with Crippen molar-refractivity contribution in [3.8, 4) is 5.75 Å². The standard InChI is InChI=1S/C15H14F3NO5S2/c1-14(2,21)13(20)19-11-7-8-12(25-11)26(22,23)10-5-3-9(4-6-10)24-15(16,17)18/h3-8,21H,1-2H3,(H,19,20). The Morgan fingerprint density at radius 3 is 2.19 bits per heavy atom. The van der Waals surface area contributed by atoms with Crippen LogP contribution >= 0.6 is 11.3 Å². The van der Waals surface area contributed by atoms with Gasteiger partial charge in [0.05, 0.1) is 9.90 Å². The number of hydrogen-bond acceptors (Lipinski definition) is 6. The van der Waals surface area contributed by atoms with Crippen molar-refractivity contribution in [3.05, 3.63) is 36.4 Å². The van der Waals surface area contributed by atoms with Gasteiger partial charge in [0.15, 0.2) is 0 Å². The van der Waals surface area contributed by atoms with Crippen molar-refractivity contribution < 1.29 is 36.2 Å². The van der Waals surface area contributed by atoms with E-state index >= 15 is 0 Å². The summed E-state index contributed by atoms with van der Waals surface area (Å²) in [6, 6.07) is 6.37. The number of sulfone groups is 1. The van der Waals surface area contributed by atoms with Crippen LogP contribution in [-0.2, 0) is 14.6 Å². The molecule has 0 saturated carbocycles. The second-order valence-corrected chi connectivity index (χ2v) is 8.91. The predicted molar refractivity (Wildman–Crippen MR) is 87.8 cm³/mol. The van der Waals surface area contributed by atoms with E-state index in [1.807, 2.05) is 0 Å². The molecule has 0 atom stereocenters. The van der Waals surface area contributed by atoms with Crippen LogP contribution in [0, 0.1) is 0 Å². The number of thiophene rings is 1. The fourth-order valence-electron chi connectivity index (χ4n) is 1.73. The van der Waals surface area contributed by atoms with E-state index in [2.05, 4.69) is 10.1 Å². The molecule has 0 unspecified atom stereocenters. The van der Waals surface area contributed by atoms with E-state index in [1.165, 1.54) is 26.0 Å². The summed E-state index contributed by atoms with van der Waals surface area (Å²) >= 11 is 0.751. The third kappa shape index (κ3) is 4.96. The molecule has 0 saturated heterocycles. The maximum atomic E-state index is 12.5. The molecule has 0 fully saturated rings. The number of carbonyl (C=O) groups is 1. The smallest absolute Gasteiger partial charge is 0.406 e. The molecule has 0 spiro atoms. The number of carbonyl (C=O) groups excluding carboxylic acids is 1. The van der Waals surface area contributed by atoms with Crippen LogP contribution in [0.15, 0.2) is 45.5 Å². The van der Waals surface area contributed by atoms with Crippen LogP contribution in [0.25, 0.3) is 0 Å². The molecule has 1 heterocycles. The second kappa shape index (κ2) is 6.89. The van der Waals surface area contributed by atoms with Gasteiger partial charge in [-0.25, -0.2) is 8.42 Å². The lowest BCUT2D eigenvalue weighted by Gasteiger charge is -2.15. The van der Waals surface area contributed by atoms with Crippen molar-refractivity contribution >= 4 is 32.1 Å². The topological polar surface area (TPSA) is 92.7 Å².